The van der Waals surface area contributed by atoms with Crippen LogP contribution in [0.15, 0.2) is 109 Å². The fraction of sp³-hybridized carbons (Fsp3) is 0.143. The molecule has 0 aromatic heterocycles. The molecule has 4 aromatic rings. The Morgan fingerprint density at radius 1 is 0.576 bits per heavy atom. The average Bonchev–Trinajstić information content (AvgIpc) is 3.24. The Morgan fingerprint density at radius 3 is 1.48 bits per heavy atom. The van der Waals surface area contributed by atoms with Crippen LogP contribution in [0.3, 0.4) is 0 Å². The van der Waals surface area contributed by atoms with Gasteiger partial charge < -0.3 is 4.74 Å². The van der Waals surface area contributed by atoms with E-state index in [9.17, 15) is 13.2 Å². The van der Waals surface area contributed by atoms with Gasteiger partial charge in [-0.1, -0.05) is 97.1 Å². The van der Waals surface area contributed by atoms with E-state index in [1.54, 1.807) is 6.07 Å². The summed E-state index contributed by atoms with van der Waals surface area (Å²) in [5, 5.41) is 0. The van der Waals surface area contributed by atoms with Crippen molar-refractivity contribution in [1.29, 1.82) is 0 Å². The minimum atomic E-state index is -4.71. The first-order chi connectivity index (χ1) is 16.0. The Bertz CT molecular complexity index is 1130. The Morgan fingerprint density at radius 2 is 1.03 bits per heavy atom. The van der Waals surface area contributed by atoms with E-state index >= 15 is 0 Å². The smallest absolute Gasteiger partial charge is 0.406 e. The van der Waals surface area contributed by atoms with Crippen molar-refractivity contribution in [3.05, 3.63) is 137 Å². The lowest BCUT2D eigenvalue weighted by Crippen LogP contribution is -2.45. The molecule has 166 valence electrons. The molecule has 0 amide bonds. The molecular formula is C28H22F3NO. The maximum absolute atomic E-state index is 12.8. The SMILES string of the molecule is FC(F)(F)Oc1ccc2c(c1)CN(C(c1ccccc1)(c1ccccc1)c1ccccc1)C2. The standard InChI is InChI=1S/C28H22F3NO/c29-28(30,31)33-26-17-16-21-19-32(20-22(21)18-26)27(23-10-4-1-5-11-23,24-12-6-2-7-13-24)25-14-8-3-9-15-25/h1-18H,19-20H2. The van der Waals surface area contributed by atoms with Gasteiger partial charge in [0.15, 0.2) is 0 Å². The average molecular weight is 445 g/mol. The molecule has 5 heteroatoms. The molecule has 5 rings (SSSR count). The minimum absolute atomic E-state index is 0.187. The molecule has 33 heavy (non-hydrogen) atoms. The molecule has 4 aromatic carbocycles. The van der Waals surface area contributed by atoms with Crippen LogP contribution in [-0.2, 0) is 18.6 Å². The van der Waals surface area contributed by atoms with Gasteiger partial charge >= 0.3 is 6.36 Å². The van der Waals surface area contributed by atoms with Gasteiger partial charge in [-0.15, -0.1) is 13.2 Å². The van der Waals surface area contributed by atoms with Crippen LogP contribution in [0.1, 0.15) is 27.8 Å². The van der Waals surface area contributed by atoms with Crippen LogP contribution in [0, 0.1) is 0 Å². The Hall–Kier alpha value is -3.57. The van der Waals surface area contributed by atoms with Crippen molar-refractivity contribution in [2.24, 2.45) is 0 Å². The number of nitrogens with zero attached hydrogens (tertiary/aromatic N) is 1. The highest BCUT2D eigenvalue weighted by Gasteiger charge is 2.44. The molecule has 0 fully saturated rings. The molecule has 0 saturated heterocycles. The second-order valence-electron chi connectivity index (χ2n) is 8.14. The van der Waals surface area contributed by atoms with Gasteiger partial charge in [-0.25, -0.2) is 0 Å². The van der Waals surface area contributed by atoms with Gasteiger partial charge in [0, 0.05) is 13.1 Å². The van der Waals surface area contributed by atoms with Crippen molar-refractivity contribution >= 4 is 0 Å². The van der Waals surface area contributed by atoms with Crippen molar-refractivity contribution in [1.82, 2.24) is 4.90 Å². The number of ether oxygens (including phenoxy) is 1. The number of halogens is 3. The lowest BCUT2D eigenvalue weighted by molar-refractivity contribution is -0.274. The van der Waals surface area contributed by atoms with Crippen molar-refractivity contribution in [2.45, 2.75) is 25.0 Å². The molecular weight excluding hydrogens is 423 g/mol. The molecule has 1 aliphatic heterocycles. The summed E-state index contributed by atoms with van der Waals surface area (Å²) >= 11 is 0. The van der Waals surface area contributed by atoms with Gasteiger partial charge in [-0.05, 0) is 39.9 Å². The summed E-state index contributed by atoms with van der Waals surface area (Å²) in [6.45, 7) is 1.09. The summed E-state index contributed by atoms with van der Waals surface area (Å²) in [6.07, 6.45) is -4.71. The van der Waals surface area contributed by atoms with Gasteiger partial charge in [0.2, 0.25) is 0 Å². The molecule has 0 aliphatic carbocycles. The third-order valence-corrected chi connectivity index (χ3v) is 6.18. The second kappa shape index (κ2) is 8.41. The van der Waals surface area contributed by atoms with E-state index in [0.717, 1.165) is 27.8 Å². The summed E-state index contributed by atoms with van der Waals surface area (Å²) in [5.41, 5.74) is 4.51. The number of fused-ring (bicyclic) bond motifs is 1. The molecule has 1 aliphatic rings. The zero-order chi connectivity index (χ0) is 22.9. The van der Waals surface area contributed by atoms with Crippen molar-refractivity contribution in [3.8, 4) is 5.75 Å². The predicted octanol–water partition coefficient (Wildman–Crippen LogP) is 6.89. The summed E-state index contributed by atoms with van der Waals surface area (Å²) in [5.74, 6) is -0.187. The van der Waals surface area contributed by atoms with E-state index in [1.807, 2.05) is 54.6 Å². The normalized spacial score (nSPS) is 14.2. The first-order valence-corrected chi connectivity index (χ1v) is 10.8. The fourth-order valence-electron chi connectivity index (χ4n) is 4.89. The van der Waals surface area contributed by atoms with Crippen LogP contribution in [-0.4, -0.2) is 11.3 Å². The highest BCUT2D eigenvalue weighted by molar-refractivity contribution is 5.51. The molecule has 0 spiro atoms. The number of benzene rings is 4. The molecule has 0 N–H and O–H groups in total. The fourth-order valence-corrected chi connectivity index (χ4v) is 4.89. The van der Waals surface area contributed by atoms with Crippen LogP contribution in [0.25, 0.3) is 0 Å². The van der Waals surface area contributed by atoms with Crippen LogP contribution in [0.4, 0.5) is 13.2 Å². The minimum Gasteiger partial charge on any atom is -0.406 e. The van der Waals surface area contributed by atoms with E-state index in [2.05, 4.69) is 46.0 Å². The van der Waals surface area contributed by atoms with Gasteiger partial charge in [-0.2, -0.15) is 0 Å². The molecule has 0 saturated carbocycles. The lowest BCUT2D eigenvalue weighted by atomic mass is 9.75. The van der Waals surface area contributed by atoms with E-state index in [-0.39, 0.29) is 5.75 Å². The molecule has 0 radical (unpaired) electrons. The Balaban J connectivity index is 1.67. The van der Waals surface area contributed by atoms with E-state index < -0.39 is 11.9 Å². The molecule has 0 bridgehead atoms. The highest BCUT2D eigenvalue weighted by Crippen LogP contribution is 2.46. The third kappa shape index (κ3) is 4.00. The molecule has 1 heterocycles. The zero-order valence-electron chi connectivity index (χ0n) is 17.8. The van der Waals surface area contributed by atoms with E-state index in [1.165, 1.54) is 12.1 Å². The van der Waals surface area contributed by atoms with Crippen LogP contribution in [0.2, 0.25) is 0 Å². The predicted molar refractivity (Wildman–Crippen MR) is 122 cm³/mol. The zero-order valence-corrected chi connectivity index (χ0v) is 17.8. The van der Waals surface area contributed by atoms with E-state index in [4.69, 9.17) is 0 Å². The first-order valence-electron chi connectivity index (χ1n) is 10.8. The van der Waals surface area contributed by atoms with Gasteiger partial charge in [0.1, 0.15) is 5.75 Å². The number of hydrogen-bond acceptors (Lipinski definition) is 2. The number of rotatable bonds is 5. The summed E-state index contributed by atoms with van der Waals surface area (Å²) in [4.78, 5) is 2.33. The highest BCUT2D eigenvalue weighted by atomic mass is 19.4. The van der Waals surface area contributed by atoms with Gasteiger partial charge in [0.25, 0.3) is 0 Å². The Labute approximate surface area is 190 Å². The lowest BCUT2D eigenvalue weighted by Gasteiger charge is -2.43. The molecule has 2 nitrogen and oxygen atoms in total. The second-order valence-corrected chi connectivity index (χ2v) is 8.14. The summed E-state index contributed by atoms with van der Waals surface area (Å²) < 4.78 is 42.6. The largest absolute Gasteiger partial charge is 0.573 e. The van der Waals surface area contributed by atoms with Crippen LogP contribution < -0.4 is 4.74 Å². The Kier molecular flexibility index (Phi) is 5.43. The third-order valence-electron chi connectivity index (χ3n) is 6.18. The molecule has 0 atom stereocenters. The topological polar surface area (TPSA) is 12.5 Å². The van der Waals surface area contributed by atoms with E-state index in [0.29, 0.717) is 13.1 Å². The monoisotopic (exact) mass is 445 g/mol. The van der Waals surface area contributed by atoms with Crippen molar-refractivity contribution < 1.29 is 17.9 Å². The maximum Gasteiger partial charge on any atom is 0.573 e. The summed E-state index contributed by atoms with van der Waals surface area (Å²) in [6, 6.07) is 35.4. The quantitative estimate of drug-likeness (QED) is 0.310. The van der Waals surface area contributed by atoms with Gasteiger partial charge in [-0.3, -0.25) is 4.90 Å². The van der Waals surface area contributed by atoms with Gasteiger partial charge in [0.05, 0.1) is 5.54 Å². The number of alkyl halides is 3. The maximum atomic E-state index is 12.8. The molecule has 0 unspecified atom stereocenters. The van der Waals surface area contributed by atoms with Crippen molar-refractivity contribution in [2.75, 3.05) is 0 Å². The van der Waals surface area contributed by atoms with Crippen LogP contribution >= 0.6 is 0 Å². The van der Waals surface area contributed by atoms with Crippen LogP contribution in [0.5, 0.6) is 5.75 Å². The summed E-state index contributed by atoms with van der Waals surface area (Å²) in [7, 11) is 0. The van der Waals surface area contributed by atoms with Crippen molar-refractivity contribution in [3.63, 3.8) is 0 Å². The number of hydrogen-bond donors (Lipinski definition) is 0. The first kappa shape index (κ1) is 21.3.